The number of anilines is 1. The zero-order valence-corrected chi connectivity index (χ0v) is 10.3. The van der Waals surface area contributed by atoms with Crippen molar-refractivity contribution in [1.29, 1.82) is 0 Å². The Morgan fingerprint density at radius 2 is 1.83 bits per heavy atom. The molecule has 2 unspecified atom stereocenters. The fourth-order valence-electron chi connectivity index (χ4n) is 2.48. The SMILES string of the molecule is CC1C(=O)NC(C2CC2)C(=O)N1c1ccccc1. The summed E-state index contributed by atoms with van der Waals surface area (Å²) in [6.07, 6.45) is 2.07. The van der Waals surface area contributed by atoms with E-state index >= 15 is 0 Å². The van der Waals surface area contributed by atoms with Crippen LogP contribution in [0.4, 0.5) is 5.69 Å². The molecule has 1 aliphatic carbocycles. The van der Waals surface area contributed by atoms with Crippen LogP contribution in [0.1, 0.15) is 19.8 Å². The van der Waals surface area contributed by atoms with E-state index in [2.05, 4.69) is 5.32 Å². The lowest BCUT2D eigenvalue weighted by Crippen LogP contribution is -2.63. The third-order valence-electron chi connectivity index (χ3n) is 3.70. The van der Waals surface area contributed by atoms with Crippen LogP contribution < -0.4 is 10.2 Å². The van der Waals surface area contributed by atoms with Gasteiger partial charge in [0, 0.05) is 5.69 Å². The Hall–Kier alpha value is -1.84. The molecule has 4 nitrogen and oxygen atoms in total. The molecule has 1 saturated heterocycles. The Morgan fingerprint density at radius 3 is 2.44 bits per heavy atom. The van der Waals surface area contributed by atoms with E-state index in [9.17, 15) is 9.59 Å². The molecule has 1 aliphatic heterocycles. The van der Waals surface area contributed by atoms with Crippen LogP contribution >= 0.6 is 0 Å². The van der Waals surface area contributed by atoms with Crippen LogP contribution in [0.3, 0.4) is 0 Å². The molecule has 3 rings (SSSR count). The molecule has 18 heavy (non-hydrogen) atoms. The molecule has 0 radical (unpaired) electrons. The van der Waals surface area contributed by atoms with Crippen molar-refractivity contribution in [3.05, 3.63) is 30.3 Å². The van der Waals surface area contributed by atoms with Crippen LogP contribution in [0.25, 0.3) is 0 Å². The lowest BCUT2D eigenvalue weighted by Gasteiger charge is -2.37. The smallest absolute Gasteiger partial charge is 0.250 e. The molecule has 1 N–H and O–H groups in total. The number of nitrogens with one attached hydrogen (secondary N) is 1. The Balaban J connectivity index is 1.94. The van der Waals surface area contributed by atoms with Crippen molar-refractivity contribution < 1.29 is 9.59 Å². The van der Waals surface area contributed by atoms with E-state index in [0.29, 0.717) is 5.92 Å². The Kier molecular flexibility index (Phi) is 2.58. The van der Waals surface area contributed by atoms with Gasteiger partial charge < -0.3 is 5.32 Å². The molecule has 2 atom stereocenters. The summed E-state index contributed by atoms with van der Waals surface area (Å²) in [4.78, 5) is 26.1. The van der Waals surface area contributed by atoms with Crippen molar-refractivity contribution in [2.75, 3.05) is 4.90 Å². The minimum Gasteiger partial charge on any atom is -0.342 e. The molecule has 2 fully saturated rings. The summed E-state index contributed by atoms with van der Waals surface area (Å²) in [6.45, 7) is 1.77. The average Bonchev–Trinajstić information content (AvgIpc) is 3.20. The highest BCUT2D eigenvalue weighted by molar-refractivity contribution is 6.08. The fourth-order valence-corrected chi connectivity index (χ4v) is 2.48. The average molecular weight is 244 g/mol. The monoisotopic (exact) mass is 244 g/mol. The molecule has 1 heterocycles. The maximum absolute atomic E-state index is 12.5. The van der Waals surface area contributed by atoms with Crippen molar-refractivity contribution in [3.8, 4) is 0 Å². The Labute approximate surface area is 106 Å². The number of nitrogens with zero attached hydrogens (tertiary/aromatic N) is 1. The van der Waals surface area contributed by atoms with E-state index in [1.807, 2.05) is 30.3 Å². The van der Waals surface area contributed by atoms with Crippen LogP contribution in [0.5, 0.6) is 0 Å². The minimum absolute atomic E-state index is 0.0239. The number of rotatable bonds is 2. The van der Waals surface area contributed by atoms with Gasteiger partial charge in [-0.25, -0.2) is 0 Å². The first-order chi connectivity index (χ1) is 8.68. The van der Waals surface area contributed by atoms with Crippen LogP contribution in [0, 0.1) is 5.92 Å². The van der Waals surface area contributed by atoms with Gasteiger partial charge >= 0.3 is 0 Å². The minimum atomic E-state index is -0.435. The lowest BCUT2D eigenvalue weighted by atomic mass is 10.0. The first kappa shape index (κ1) is 11.3. The van der Waals surface area contributed by atoms with Crippen molar-refractivity contribution in [1.82, 2.24) is 5.32 Å². The van der Waals surface area contributed by atoms with Gasteiger partial charge in [0.05, 0.1) is 0 Å². The number of para-hydroxylation sites is 1. The second-order valence-corrected chi connectivity index (χ2v) is 5.04. The van der Waals surface area contributed by atoms with E-state index in [4.69, 9.17) is 0 Å². The number of hydrogen-bond acceptors (Lipinski definition) is 2. The molecule has 2 amide bonds. The second-order valence-electron chi connectivity index (χ2n) is 5.04. The maximum atomic E-state index is 12.5. The standard InChI is InChI=1S/C14H16N2O2/c1-9-13(17)15-12(10-7-8-10)14(18)16(9)11-5-3-2-4-6-11/h2-6,9-10,12H,7-8H2,1H3,(H,15,17). The highest BCUT2D eigenvalue weighted by Gasteiger charge is 2.45. The van der Waals surface area contributed by atoms with Gasteiger partial charge in [0.1, 0.15) is 12.1 Å². The van der Waals surface area contributed by atoms with Gasteiger partial charge in [-0.05, 0) is 37.8 Å². The quantitative estimate of drug-likeness (QED) is 0.853. The summed E-state index contributed by atoms with van der Waals surface area (Å²) in [5.74, 6) is 0.298. The number of carbonyl (C=O) groups is 2. The van der Waals surface area contributed by atoms with Crippen molar-refractivity contribution in [2.24, 2.45) is 5.92 Å². The summed E-state index contributed by atoms with van der Waals surface area (Å²) in [7, 11) is 0. The van der Waals surface area contributed by atoms with Crippen LogP contribution in [0.15, 0.2) is 30.3 Å². The van der Waals surface area contributed by atoms with Gasteiger partial charge in [-0.1, -0.05) is 18.2 Å². The molecule has 0 spiro atoms. The van der Waals surface area contributed by atoms with Gasteiger partial charge in [-0.3, -0.25) is 14.5 Å². The summed E-state index contributed by atoms with van der Waals surface area (Å²) in [5, 5.41) is 2.85. The van der Waals surface area contributed by atoms with Gasteiger partial charge in [-0.2, -0.15) is 0 Å². The molecular weight excluding hydrogens is 228 g/mol. The largest absolute Gasteiger partial charge is 0.342 e. The zero-order valence-electron chi connectivity index (χ0n) is 10.3. The van der Waals surface area contributed by atoms with Crippen molar-refractivity contribution in [3.63, 3.8) is 0 Å². The summed E-state index contributed by atoms with van der Waals surface area (Å²) >= 11 is 0. The molecule has 1 aromatic carbocycles. The molecule has 0 aromatic heterocycles. The molecule has 0 bridgehead atoms. The summed E-state index contributed by atoms with van der Waals surface area (Å²) in [5.41, 5.74) is 0.801. The van der Waals surface area contributed by atoms with Crippen LogP contribution in [0.2, 0.25) is 0 Å². The van der Waals surface area contributed by atoms with Crippen molar-refractivity contribution in [2.45, 2.75) is 31.8 Å². The normalized spacial score (nSPS) is 28.2. The zero-order chi connectivity index (χ0) is 12.7. The number of carbonyl (C=O) groups excluding carboxylic acids is 2. The third kappa shape index (κ3) is 1.78. The lowest BCUT2D eigenvalue weighted by molar-refractivity contribution is -0.133. The van der Waals surface area contributed by atoms with Gasteiger partial charge in [0.2, 0.25) is 5.91 Å². The van der Waals surface area contributed by atoms with E-state index in [1.165, 1.54) is 0 Å². The molecular formula is C14H16N2O2. The van der Waals surface area contributed by atoms with E-state index in [0.717, 1.165) is 18.5 Å². The van der Waals surface area contributed by atoms with Crippen LogP contribution in [-0.2, 0) is 9.59 Å². The molecule has 1 aromatic rings. The highest BCUT2D eigenvalue weighted by Crippen LogP contribution is 2.36. The number of amides is 2. The topological polar surface area (TPSA) is 49.4 Å². The Bertz CT molecular complexity index is 482. The number of benzene rings is 1. The summed E-state index contributed by atoms with van der Waals surface area (Å²) in [6, 6.07) is 8.65. The molecule has 94 valence electrons. The van der Waals surface area contributed by atoms with E-state index in [-0.39, 0.29) is 17.9 Å². The second kappa shape index (κ2) is 4.12. The third-order valence-corrected chi connectivity index (χ3v) is 3.70. The molecule has 4 heteroatoms. The Morgan fingerprint density at radius 1 is 1.17 bits per heavy atom. The van der Waals surface area contributed by atoms with Crippen molar-refractivity contribution >= 4 is 17.5 Å². The predicted octanol–water partition coefficient (Wildman–Crippen LogP) is 1.32. The summed E-state index contributed by atoms with van der Waals surface area (Å²) < 4.78 is 0. The maximum Gasteiger partial charge on any atom is 0.250 e. The van der Waals surface area contributed by atoms with Gasteiger partial charge in [0.25, 0.3) is 5.91 Å². The predicted molar refractivity (Wildman–Crippen MR) is 68.0 cm³/mol. The fraction of sp³-hybridized carbons (Fsp3) is 0.429. The molecule has 2 aliphatic rings. The highest BCUT2D eigenvalue weighted by atomic mass is 16.2. The van der Waals surface area contributed by atoms with Gasteiger partial charge in [-0.15, -0.1) is 0 Å². The molecule has 1 saturated carbocycles. The van der Waals surface area contributed by atoms with Crippen LogP contribution in [-0.4, -0.2) is 23.9 Å². The van der Waals surface area contributed by atoms with E-state index in [1.54, 1.807) is 11.8 Å². The number of piperazine rings is 1. The van der Waals surface area contributed by atoms with E-state index < -0.39 is 6.04 Å². The van der Waals surface area contributed by atoms with Gasteiger partial charge in [0.15, 0.2) is 0 Å². The first-order valence-electron chi connectivity index (χ1n) is 6.37. The number of hydrogen-bond donors (Lipinski definition) is 1. The first-order valence-corrected chi connectivity index (χ1v) is 6.37.